The summed E-state index contributed by atoms with van der Waals surface area (Å²) >= 11 is 2.84. The third-order valence-electron chi connectivity index (χ3n) is 1.45. The molecule has 0 spiro atoms. The molecule has 1 aliphatic heterocycles. The van der Waals surface area contributed by atoms with Gasteiger partial charge in [-0.3, -0.25) is 0 Å². The molecule has 0 aromatic heterocycles. The quantitative estimate of drug-likeness (QED) is 0.672. The predicted octanol–water partition coefficient (Wildman–Crippen LogP) is 2.21. The van der Waals surface area contributed by atoms with E-state index in [-0.39, 0.29) is 10.2 Å². The first-order valence-electron chi connectivity index (χ1n) is 3.26. The molecule has 6 heteroatoms. The average Bonchev–Trinajstić information content (AvgIpc) is 2.02. The number of nitrogens with zero attached hydrogens (tertiary/aromatic N) is 1. The maximum atomic E-state index is 12.1. The Balaban J connectivity index is 2.84. The van der Waals surface area contributed by atoms with Gasteiger partial charge in [0, 0.05) is 0 Å². The van der Waals surface area contributed by atoms with Gasteiger partial charge in [0.2, 0.25) is 0 Å². The van der Waals surface area contributed by atoms with Crippen molar-refractivity contribution in [3.05, 3.63) is 22.3 Å². The lowest BCUT2D eigenvalue weighted by Gasteiger charge is -2.22. The molecule has 1 N–H and O–H groups in total. The summed E-state index contributed by atoms with van der Waals surface area (Å²) in [5.41, 5.74) is 0.153. The molecule has 0 radical (unpaired) electrons. The maximum Gasteiger partial charge on any atom is 0.412 e. The topological polar surface area (TPSA) is 35.8 Å². The van der Waals surface area contributed by atoms with Crippen molar-refractivity contribution >= 4 is 15.9 Å². The Labute approximate surface area is 80.9 Å². The number of rotatable bonds is 0. The zero-order chi connectivity index (χ0) is 10.1. The van der Waals surface area contributed by atoms with Gasteiger partial charge in [-0.05, 0) is 22.0 Å². The van der Waals surface area contributed by atoms with Crippen LogP contribution in [0.1, 0.15) is 0 Å². The van der Waals surface area contributed by atoms with Crippen LogP contribution >= 0.6 is 15.9 Å². The monoisotopic (exact) mass is 252 g/mol. The molecular formula is C7H4BrF3N2. The normalized spacial score (nSPS) is 22.5. The first-order chi connectivity index (χ1) is 5.95. The van der Waals surface area contributed by atoms with Gasteiger partial charge in [0.1, 0.15) is 12.1 Å². The Morgan fingerprint density at radius 3 is 2.54 bits per heavy atom. The number of hydrogen-bond acceptors (Lipinski definition) is 2. The van der Waals surface area contributed by atoms with Crippen LogP contribution in [0.4, 0.5) is 13.2 Å². The van der Waals surface area contributed by atoms with E-state index in [9.17, 15) is 13.2 Å². The first-order valence-corrected chi connectivity index (χ1v) is 4.06. The van der Waals surface area contributed by atoms with E-state index in [0.717, 1.165) is 12.2 Å². The molecule has 1 heterocycles. The molecule has 13 heavy (non-hydrogen) atoms. The number of nitriles is 1. The van der Waals surface area contributed by atoms with Crippen LogP contribution in [-0.2, 0) is 0 Å². The Morgan fingerprint density at radius 1 is 1.54 bits per heavy atom. The zero-order valence-corrected chi connectivity index (χ0v) is 7.78. The van der Waals surface area contributed by atoms with Gasteiger partial charge in [0.25, 0.3) is 0 Å². The van der Waals surface area contributed by atoms with Crippen LogP contribution in [0.3, 0.4) is 0 Å². The molecular weight excluding hydrogens is 249 g/mol. The van der Waals surface area contributed by atoms with Crippen molar-refractivity contribution in [3.8, 4) is 6.07 Å². The van der Waals surface area contributed by atoms with Gasteiger partial charge in [-0.1, -0.05) is 6.08 Å². The first kappa shape index (κ1) is 10.1. The Kier molecular flexibility index (Phi) is 2.66. The summed E-state index contributed by atoms with van der Waals surface area (Å²) in [5, 5.41) is 10.6. The zero-order valence-electron chi connectivity index (χ0n) is 6.19. The van der Waals surface area contributed by atoms with E-state index in [1.807, 2.05) is 0 Å². The fourth-order valence-electron chi connectivity index (χ4n) is 0.805. The third-order valence-corrected chi connectivity index (χ3v) is 2.10. The second-order valence-corrected chi connectivity index (χ2v) is 3.16. The lowest BCUT2D eigenvalue weighted by Crippen LogP contribution is -2.40. The van der Waals surface area contributed by atoms with E-state index < -0.39 is 12.2 Å². The molecule has 0 fully saturated rings. The lowest BCUT2D eigenvalue weighted by molar-refractivity contribution is -0.142. The van der Waals surface area contributed by atoms with E-state index >= 15 is 0 Å². The summed E-state index contributed by atoms with van der Waals surface area (Å²) in [6, 6.07) is 0.0186. The highest BCUT2D eigenvalue weighted by Crippen LogP contribution is 2.26. The fraction of sp³-hybridized carbons (Fsp3) is 0.286. The minimum Gasteiger partial charge on any atom is -0.364 e. The molecule has 0 saturated heterocycles. The van der Waals surface area contributed by atoms with E-state index in [1.165, 1.54) is 0 Å². The van der Waals surface area contributed by atoms with E-state index in [4.69, 9.17) is 5.26 Å². The highest BCUT2D eigenvalue weighted by Gasteiger charge is 2.39. The number of dihydropyridines is 1. The average molecular weight is 253 g/mol. The van der Waals surface area contributed by atoms with Gasteiger partial charge in [0.05, 0.1) is 10.2 Å². The number of alkyl halides is 3. The highest BCUT2D eigenvalue weighted by molar-refractivity contribution is 9.11. The minimum atomic E-state index is -4.34. The summed E-state index contributed by atoms with van der Waals surface area (Å²) in [5.74, 6) is 0. The van der Waals surface area contributed by atoms with Gasteiger partial charge in [-0.15, -0.1) is 0 Å². The van der Waals surface area contributed by atoms with Crippen molar-refractivity contribution in [3.63, 3.8) is 0 Å². The SMILES string of the molecule is N#CC1=C(Br)NC(C(F)(F)F)C=C1. The summed E-state index contributed by atoms with van der Waals surface area (Å²) in [7, 11) is 0. The summed E-state index contributed by atoms with van der Waals surface area (Å²) in [4.78, 5) is 0. The number of hydrogen-bond donors (Lipinski definition) is 1. The molecule has 70 valence electrons. The van der Waals surface area contributed by atoms with Crippen molar-refractivity contribution in [2.75, 3.05) is 0 Å². The minimum absolute atomic E-state index is 0.0693. The highest BCUT2D eigenvalue weighted by atomic mass is 79.9. The summed E-state index contributed by atoms with van der Waals surface area (Å²) in [6.07, 6.45) is -2.29. The molecule has 0 aromatic rings. The predicted molar refractivity (Wildman–Crippen MR) is 43.7 cm³/mol. The lowest BCUT2D eigenvalue weighted by atomic mass is 10.1. The van der Waals surface area contributed by atoms with Crippen molar-refractivity contribution in [2.24, 2.45) is 0 Å². The van der Waals surface area contributed by atoms with Crippen LogP contribution in [0.15, 0.2) is 22.3 Å². The van der Waals surface area contributed by atoms with Gasteiger partial charge in [0.15, 0.2) is 0 Å². The standard InChI is InChI=1S/C7H4BrF3N2/c8-6-4(3-12)1-2-5(13-6)7(9,10)11/h1-2,5,13H. The van der Waals surface area contributed by atoms with E-state index in [0.29, 0.717) is 0 Å². The van der Waals surface area contributed by atoms with E-state index in [1.54, 1.807) is 6.07 Å². The molecule has 1 aliphatic rings. The Bertz CT molecular complexity index is 311. The second kappa shape index (κ2) is 3.42. The molecule has 0 bridgehead atoms. The summed E-state index contributed by atoms with van der Waals surface area (Å²) < 4.78 is 36.4. The van der Waals surface area contributed by atoms with Crippen LogP contribution in [0.5, 0.6) is 0 Å². The number of allylic oxidation sites excluding steroid dienone is 2. The van der Waals surface area contributed by atoms with Gasteiger partial charge >= 0.3 is 6.18 Å². The van der Waals surface area contributed by atoms with Crippen molar-refractivity contribution in [2.45, 2.75) is 12.2 Å². The molecule has 1 atom stereocenters. The summed E-state index contributed by atoms with van der Waals surface area (Å²) in [6.45, 7) is 0. The van der Waals surface area contributed by atoms with Crippen LogP contribution in [0, 0.1) is 11.3 Å². The Hall–Kier alpha value is -0.960. The van der Waals surface area contributed by atoms with Gasteiger partial charge in [-0.25, -0.2) is 0 Å². The number of halogens is 4. The van der Waals surface area contributed by atoms with Crippen LogP contribution in [-0.4, -0.2) is 12.2 Å². The molecule has 0 saturated carbocycles. The fourth-order valence-corrected chi connectivity index (χ4v) is 1.27. The van der Waals surface area contributed by atoms with Crippen molar-refractivity contribution in [1.29, 1.82) is 5.26 Å². The van der Waals surface area contributed by atoms with E-state index in [2.05, 4.69) is 21.2 Å². The van der Waals surface area contributed by atoms with Crippen molar-refractivity contribution < 1.29 is 13.2 Å². The Morgan fingerprint density at radius 2 is 2.15 bits per heavy atom. The number of nitrogens with one attached hydrogen (secondary N) is 1. The van der Waals surface area contributed by atoms with Crippen LogP contribution in [0.25, 0.3) is 0 Å². The van der Waals surface area contributed by atoms with Crippen molar-refractivity contribution in [1.82, 2.24) is 5.32 Å². The smallest absolute Gasteiger partial charge is 0.364 e. The molecule has 0 aliphatic carbocycles. The molecule has 2 nitrogen and oxygen atoms in total. The molecule has 0 aromatic carbocycles. The third kappa shape index (κ3) is 2.25. The van der Waals surface area contributed by atoms with Crippen LogP contribution in [0.2, 0.25) is 0 Å². The maximum absolute atomic E-state index is 12.1. The van der Waals surface area contributed by atoms with Gasteiger partial charge in [-0.2, -0.15) is 18.4 Å². The van der Waals surface area contributed by atoms with Gasteiger partial charge < -0.3 is 5.32 Å². The molecule has 0 amide bonds. The molecule has 1 rings (SSSR count). The second-order valence-electron chi connectivity index (χ2n) is 2.36. The van der Waals surface area contributed by atoms with Crippen LogP contribution < -0.4 is 5.32 Å². The molecule has 1 unspecified atom stereocenters. The largest absolute Gasteiger partial charge is 0.412 e.